The van der Waals surface area contributed by atoms with Crippen LogP contribution in [0.25, 0.3) is 17.3 Å². The minimum atomic E-state index is -0.203. The van der Waals surface area contributed by atoms with Crippen LogP contribution in [0.1, 0.15) is 10.4 Å². The third-order valence-corrected chi connectivity index (χ3v) is 4.47. The largest absolute Gasteiger partial charge is 0.298 e. The molecule has 1 heterocycles. The lowest BCUT2D eigenvalue weighted by atomic mass is 10.1. The van der Waals surface area contributed by atoms with Gasteiger partial charge in [0, 0.05) is 21.5 Å². The predicted octanol–water partition coefficient (Wildman–Crippen LogP) is 5.42. The van der Waals surface area contributed by atoms with Crippen LogP contribution < -0.4 is 5.32 Å². The number of nitrogens with one attached hydrogen (secondary N) is 1. The first-order chi connectivity index (χ1) is 11.6. The van der Waals surface area contributed by atoms with Crippen LogP contribution in [-0.2, 0) is 4.79 Å². The molecule has 0 radical (unpaired) electrons. The number of anilines is 1. The van der Waals surface area contributed by atoms with Crippen LogP contribution in [0.4, 0.5) is 5.13 Å². The van der Waals surface area contributed by atoms with Gasteiger partial charge in [-0.1, -0.05) is 54.1 Å². The van der Waals surface area contributed by atoms with Gasteiger partial charge in [-0.05, 0) is 30.7 Å². The van der Waals surface area contributed by atoms with E-state index >= 15 is 0 Å². The molecule has 3 nitrogen and oxygen atoms in total. The monoisotopic (exact) mass is 354 g/mol. The van der Waals surface area contributed by atoms with Crippen molar-refractivity contribution in [3.63, 3.8) is 0 Å². The van der Waals surface area contributed by atoms with Crippen molar-refractivity contribution in [3.8, 4) is 11.3 Å². The highest BCUT2D eigenvalue weighted by Crippen LogP contribution is 2.31. The van der Waals surface area contributed by atoms with Gasteiger partial charge >= 0.3 is 0 Å². The predicted molar refractivity (Wildman–Crippen MR) is 101 cm³/mol. The van der Waals surface area contributed by atoms with Crippen molar-refractivity contribution >= 4 is 40.1 Å². The number of halogens is 1. The highest BCUT2D eigenvalue weighted by Gasteiger charge is 2.11. The summed E-state index contributed by atoms with van der Waals surface area (Å²) in [7, 11) is 0. The third-order valence-electron chi connectivity index (χ3n) is 3.35. The number of amides is 1. The summed E-state index contributed by atoms with van der Waals surface area (Å²) >= 11 is 7.48. The van der Waals surface area contributed by atoms with Crippen molar-refractivity contribution < 1.29 is 4.79 Å². The molecular formula is C19H15ClN2OS. The first-order valence-corrected chi connectivity index (χ1v) is 8.59. The molecule has 2 aromatic carbocycles. The van der Waals surface area contributed by atoms with E-state index < -0.39 is 0 Å². The Hall–Kier alpha value is -2.43. The topological polar surface area (TPSA) is 42.0 Å². The van der Waals surface area contributed by atoms with E-state index in [9.17, 15) is 4.79 Å². The van der Waals surface area contributed by atoms with E-state index in [2.05, 4.69) is 10.3 Å². The number of thiazole rings is 1. The lowest BCUT2D eigenvalue weighted by Crippen LogP contribution is -2.07. The summed E-state index contributed by atoms with van der Waals surface area (Å²) in [6.07, 6.45) is 3.28. The minimum absolute atomic E-state index is 0.203. The molecule has 3 aromatic rings. The smallest absolute Gasteiger partial charge is 0.250 e. The second kappa shape index (κ2) is 7.43. The zero-order valence-corrected chi connectivity index (χ0v) is 14.6. The zero-order valence-electron chi connectivity index (χ0n) is 13.0. The van der Waals surface area contributed by atoms with Crippen molar-refractivity contribution in [3.05, 3.63) is 76.1 Å². The fraction of sp³-hybridized carbons (Fsp3) is 0.0526. The molecule has 0 fully saturated rings. The highest BCUT2D eigenvalue weighted by molar-refractivity contribution is 7.16. The zero-order chi connectivity index (χ0) is 16.9. The number of benzene rings is 2. The molecule has 0 aliphatic carbocycles. The van der Waals surface area contributed by atoms with Gasteiger partial charge in [0.05, 0.1) is 5.69 Å². The molecule has 0 atom stereocenters. The van der Waals surface area contributed by atoms with Gasteiger partial charge in [0.2, 0.25) is 5.91 Å². The second-order valence-corrected chi connectivity index (χ2v) is 6.81. The van der Waals surface area contributed by atoms with E-state index in [1.165, 1.54) is 17.4 Å². The maximum absolute atomic E-state index is 12.0. The third kappa shape index (κ3) is 4.10. The van der Waals surface area contributed by atoms with E-state index in [-0.39, 0.29) is 5.91 Å². The van der Waals surface area contributed by atoms with Gasteiger partial charge in [0.1, 0.15) is 0 Å². The minimum Gasteiger partial charge on any atom is -0.298 e. The average molecular weight is 355 g/mol. The van der Waals surface area contributed by atoms with Gasteiger partial charge in [-0.25, -0.2) is 4.98 Å². The molecule has 0 saturated carbocycles. The van der Waals surface area contributed by atoms with Gasteiger partial charge in [0.15, 0.2) is 5.13 Å². The number of nitrogens with zero attached hydrogens (tertiary/aromatic N) is 1. The van der Waals surface area contributed by atoms with Crippen LogP contribution >= 0.6 is 22.9 Å². The number of hydrogen-bond acceptors (Lipinski definition) is 3. The van der Waals surface area contributed by atoms with Crippen LogP contribution in [0.2, 0.25) is 5.02 Å². The number of aromatic nitrogens is 1. The summed E-state index contributed by atoms with van der Waals surface area (Å²) < 4.78 is 0. The van der Waals surface area contributed by atoms with E-state index in [1.54, 1.807) is 6.08 Å². The Kier molecular flexibility index (Phi) is 5.08. The Morgan fingerprint density at radius 3 is 2.71 bits per heavy atom. The van der Waals surface area contributed by atoms with Crippen molar-refractivity contribution in [2.45, 2.75) is 6.92 Å². The van der Waals surface area contributed by atoms with Crippen LogP contribution in [-0.4, -0.2) is 10.9 Å². The summed E-state index contributed by atoms with van der Waals surface area (Å²) in [6.45, 7) is 1.98. The molecule has 0 saturated heterocycles. The van der Waals surface area contributed by atoms with Crippen molar-refractivity contribution in [1.82, 2.24) is 4.98 Å². The van der Waals surface area contributed by atoms with Crippen LogP contribution in [0.5, 0.6) is 0 Å². The molecule has 120 valence electrons. The molecule has 0 spiro atoms. The molecule has 3 rings (SSSR count). The molecule has 24 heavy (non-hydrogen) atoms. The van der Waals surface area contributed by atoms with E-state index in [4.69, 9.17) is 11.6 Å². The summed E-state index contributed by atoms with van der Waals surface area (Å²) in [5, 5.41) is 4.04. The number of carbonyl (C=O) groups excluding carboxylic acids is 1. The SMILES string of the molecule is Cc1sc(NC(=O)/C=C/c2ccccc2)nc1-c1cccc(Cl)c1. The molecule has 1 N–H and O–H groups in total. The standard InChI is InChI=1S/C19H15ClN2OS/c1-13-18(15-8-5-9-16(20)12-15)22-19(24-13)21-17(23)11-10-14-6-3-2-4-7-14/h2-12H,1H3,(H,21,22,23)/b11-10+. The number of hydrogen-bond donors (Lipinski definition) is 1. The normalized spacial score (nSPS) is 10.9. The molecular weight excluding hydrogens is 340 g/mol. The number of aryl methyl sites for hydroxylation is 1. The molecule has 1 aromatic heterocycles. The Bertz CT molecular complexity index is 887. The lowest BCUT2D eigenvalue weighted by Gasteiger charge is -1.99. The molecule has 0 aliphatic rings. The summed E-state index contributed by atoms with van der Waals surface area (Å²) in [5.74, 6) is -0.203. The molecule has 0 aliphatic heterocycles. The number of carbonyl (C=O) groups is 1. The molecule has 0 bridgehead atoms. The second-order valence-electron chi connectivity index (χ2n) is 5.17. The molecule has 0 unspecified atom stereocenters. The fourth-order valence-electron chi connectivity index (χ4n) is 2.24. The van der Waals surface area contributed by atoms with Gasteiger partial charge < -0.3 is 0 Å². The van der Waals surface area contributed by atoms with E-state index in [0.29, 0.717) is 10.2 Å². The molecule has 1 amide bonds. The maximum atomic E-state index is 12.0. The van der Waals surface area contributed by atoms with Crippen molar-refractivity contribution in [1.29, 1.82) is 0 Å². The Labute approximate surface area is 149 Å². The van der Waals surface area contributed by atoms with Crippen molar-refractivity contribution in [2.75, 3.05) is 5.32 Å². The lowest BCUT2D eigenvalue weighted by molar-refractivity contribution is -0.111. The highest BCUT2D eigenvalue weighted by atomic mass is 35.5. The quantitative estimate of drug-likeness (QED) is 0.635. The number of rotatable bonds is 4. The van der Waals surface area contributed by atoms with E-state index in [1.807, 2.05) is 61.5 Å². The Morgan fingerprint density at radius 1 is 1.17 bits per heavy atom. The van der Waals surface area contributed by atoms with Gasteiger partial charge in [0.25, 0.3) is 0 Å². The Balaban J connectivity index is 1.73. The summed E-state index contributed by atoms with van der Waals surface area (Å²) in [6, 6.07) is 17.2. The fourth-order valence-corrected chi connectivity index (χ4v) is 3.27. The van der Waals surface area contributed by atoms with Gasteiger partial charge in [-0.2, -0.15) is 0 Å². The first-order valence-electron chi connectivity index (χ1n) is 7.39. The average Bonchev–Trinajstić information content (AvgIpc) is 2.94. The Morgan fingerprint density at radius 2 is 1.96 bits per heavy atom. The summed E-state index contributed by atoms with van der Waals surface area (Å²) in [5.41, 5.74) is 2.75. The van der Waals surface area contributed by atoms with E-state index in [0.717, 1.165) is 21.7 Å². The van der Waals surface area contributed by atoms with Gasteiger partial charge in [-0.15, -0.1) is 11.3 Å². The van der Waals surface area contributed by atoms with Crippen molar-refractivity contribution in [2.24, 2.45) is 0 Å². The van der Waals surface area contributed by atoms with Crippen LogP contribution in [0, 0.1) is 6.92 Å². The van der Waals surface area contributed by atoms with Crippen LogP contribution in [0.3, 0.4) is 0 Å². The molecule has 5 heteroatoms. The van der Waals surface area contributed by atoms with Crippen LogP contribution in [0.15, 0.2) is 60.7 Å². The first kappa shape index (κ1) is 16.4. The maximum Gasteiger partial charge on any atom is 0.250 e. The van der Waals surface area contributed by atoms with Gasteiger partial charge in [-0.3, -0.25) is 10.1 Å². The summed E-state index contributed by atoms with van der Waals surface area (Å²) in [4.78, 5) is 17.6.